The lowest BCUT2D eigenvalue weighted by molar-refractivity contribution is 0.0596. The van der Waals surface area contributed by atoms with E-state index in [0.29, 0.717) is 5.01 Å². The number of nitrogens with one attached hydrogen (secondary N) is 1. The highest BCUT2D eigenvalue weighted by Crippen LogP contribution is 2.20. The number of carbonyl (C=O) groups is 1. The van der Waals surface area contributed by atoms with Crippen molar-refractivity contribution in [1.82, 2.24) is 9.71 Å². The zero-order valence-corrected chi connectivity index (χ0v) is 12.7. The van der Waals surface area contributed by atoms with Crippen LogP contribution in [-0.4, -0.2) is 26.5 Å². The van der Waals surface area contributed by atoms with Crippen molar-refractivity contribution in [1.29, 1.82) is 0 Å². The van der Waals surface area contributed by atoms with Gasteiger partial charge in [0.2, 0.25) is 10.0 Å². The first-order chi connectivity index (χ1) is 9.94. The smallest absolute Gasteiger partial charge is 0.339 e. The Hall–Kier alpha value is -1.97. The third-order valence-electron chi connectivity index (χ3n) is 2.60. The van der Waals surface area contributed by atoms with Crippen LogP contribution in [0.25, 0.3) is 0 Å². The predicted molar refractivity (Wildman–Crippen MR) is 78.3 cm³/mol. The molecule has 0 radical (unpaired) electrons. The second kappa shape index (κ2) is 6.20. The van der Waals surface area contributed by atoms with Crippen molar-refractivity contribution in [2.24, 2.45) is 0 Å². The molecule has 7 nitrogen and oxygen atoms in total. The van der Waals surface area contributed by atoms with E-state index in [1.807, 2.05) is 0 Å². The second-order valence-corrected chi connectivity index (χ2v) is 6.71. The number of nitrogens with two attached hydrogens (primary N) is 1. The van der Waals surface area contributed by atoms with Crippen LogP contribution in [0.4, 0.5) is 5.69 Å². The lowest BCUT2D eigenvalue weighted by Crippen LogP contribution is -2.25. The summed E-state index contributed by atoms with van der Waals surface area (Å²) in [6, 6.07) is 3.97. The number of hydrogen-bond donors (Lipinski definition) is 2. The normalized spacial score (nSPS) is 11.3. The van der Waals surface area contributed by atoms with Crippen LogP contribution in [0, 0.1) is 0 Å². The zero-order chi connectivity index (χ0) is 15.5. The molecular formula is C12H13N3O4S2. The molecule has 0 saturated carbocycles. The average molecular weight is 327 g/mol. The number of sulfonamides is 1. The van der Waals surface area contributed by atoms with Gasteiger partial charge in [-0.1, -0.05) is 0 Å². The average Bonchev–Trinajstić information content (AvgIpc) is 2.98. The van der Waals surface area contributed by atoms with E-state index in [1.54, 1.807) is 11.6 Å². The molecular weight excluding hydrogens is 314 g/mol. The van der Waals surface area contributed by atoms with Crippen LogP contribution in [0.3, 0.4) is 0 Å². The molecule has 0 fully saturated rings. The lowest BCUT2D eigenvalue weighted by atomic mass is 10.2. The van der Waals surface area contributed by atoms with Gasteiger partial charge in [0.05, 0.1) is 24.1 Å². The maximum absolute atomic E-state index is 12.3. The summed E-state index contributed by atoms with van der Waals surface area (Å²) in [5, 5.41) is 2.35. The van der Waals surface area contributed by atoms with Crippen molar-refractivity contribution >= 4 is 33.0 Å². The van der Waals surface area contributed by atoms with E-state index in [4.69, 9.17) is 5.73 Å². The Morgan fingerprint density at radius 3 is 2.86 bits per heavy atom. The van der Waals surface area contributed by atoms with Gasteiger partial charge >= 0.3 is 5.97 Å². The summed E-state index contributed by atoms with van der Waals surface area (Å²) in [7, 11) is -2.73. The summed E-state index contributed by atoms with van der Waals surface area (Å²) >= 11 is 1.32. The number of anilines is 1. The van der Waals surface area contributed by atoms with Gasteiger partial charge < -0.3 is 10.5 Å². The summed E-state index contributed by atoms with van der Waals surface area (Å²) in [6.45, 7) is 0.0371. The third kappa shape index (κ3) is 3.57. The molecule has 9 heteroatoms. The van der Waals surface area contributed by atoms with E-state index in [1.165, 1.54) is 36.6 Å². The molecule has 1 aromatic carbocycles. The zero-order valence-electron chi connectivity index (χ0n) is 11.1. The van der Waals surface area contributed by atoms with E-state index in [-0.39, 0.29) is 22.7 Å². The molecule has 0 atom stereocenters. The minimum absolute atomic E-state index is 0.0371. The number of hydrogen-bond acceptors (Lipinski definition) is 7. The molecule has 3 N–H and O–H groups in total. The monoisotopic (exact) mass is 327 g/mol. The molecule has 1 heterocycles. The number of methoxy groups -OCH3 is 1. The van der Waals surface area contributed by atoms with E-state index in [0.717, 1.165) is 0 Å². The maximum Gasteiger partial charge on any atom is 0.339 e. The Bertz CT molecular complexity index is 742. The highest BCUT2D eigenvalue weighted by Gasteiger charge is 2.23. The summed E-state index contributed by atoms with van der Waals surface area (Å²) in [5.41, 5.74) is 5.76. The van der Waals surface area contributed by atoms with Crippen molar-refractivity contribution < 1.29 is 17.9 Å². The van der Waals surface area contributed by atoms with Crippen LogP contribution in [0.1, 0.15) is 15.4 Å². The first kappa shape index (κ1) is 15.4. The number of carbonyl (C=O) groups excluding carboxylic acids is 1. The third-order valence-corrected chi connectivity index (χ3v) is 4.82. The molecule has 0 aliphatic carbocycles. The molecule has 0 aliphatic rings. The molecule has 1 aromatic heterocycles. The Balaban J connectivity index is 2.34. The molecule has 0 spiro atoms. The van der Waals surface area contributed by atoms with Crippen LogP contribution >= 0.6 is 11.3 Å². The van der Waals surface area contributed by atoms with Gasteiger partial charge in [0.15, 0.2) is 0 Å². The number of nitrogens with zero attached hydrogens (tertiary/aromatic N) is 1. The number of ether oxygens (including phenoxy) is 1. The summed E-state index contributed by atoms with van der Waals surface area (Å²) in [4.78, 5) is 15.4. The molecule has 0 aliphatic heterocycles. The molecule has 21 heavy (non-hydrogen) atoms. The highest BCUT2D eigenvalue weighted by atomic mass is 32.2. The van der Waals surface area contributed by atoms with Crippen molar-refractivity contribution in [3.8, 4) is 0 Å². The Morgan fingerprint density at radius 2 is 2.24 bits per heavy atom. The molecule has 0 bridgehead atoms. The molecule has 0 unspecified atom stereocenters. The fourth-order valence-corrected chi connectivity index (χ4v) is 3.48. The van der Waals surface area contributed by atoms with Crippen LogP contribution in [0.15, 0.2) is 34.7 Å². The minimum Gasteiger partial charge on any atom is -0.465 e. The van der Waals surface area contributed by atoms with E-state index in [2.05, 4.69) is 14.4 Å². The number of nitrogen functional groups attached to an aromatic ring is 1. The van der Waals surface area contributed by atoms with Crippen LogP contribution in [0.5, 0.6) is 0 Å². The number of benzene rings is 1. The number of esters is 1. The first-order valence-electron chi connectivity index (χ1n) is 5.80. The summed E-state index contributed by atoms with van der Waals surface area (Å²) in [6.07, 6.45) is 1.58. The quantitative estimate of drug-likeness (QED) is 0.626. The van der Waals surface area contributed by atoms with Gasteiger partial charge in [0, 0.05) is 17.3 Å². The SMILES string of the molecule is COC(=O)c1ccc(N)cc1S(=O)(=O)NCc1nccs1. The van der Waals surface area contributed by atoms with Gasteiger partial charge in [-0.15, -0.1) is 11.3 Å². The van der Waals surface area contributed by atoms with Crippen molar-refractivity contribution in [2.75, 3.05) is 12.8 Å². The van der Waals surface area contributed by atoms with Crippen molar-refractivity contribution in [3.63, 3.8) is 0 Å². The Labute approximate surface area is 125 Å². The van der Waals surface area contributed by atoms with Crippen LogP contribution < -0.4 is 10.5 Å². The van der Waals surface area contributed by atoms with Gasteiger partial charge in [-0.25, -0.2) is 22.9 Å². The topological polar surface area (TPSA) is 111 Å². The van der Waals surface area contributed by atoms with Gasteiger partial charge in [-0.3, -0.25) is 0 Å². The van der Waals surface area contributed by atoms with Gasteiger partial charge in [0.1, 0.15) is 5.01 Å². The number of thiazole rings is 1. The van der Waals surface area contributed by atoms with Gasteiger partial charge in [-0.05, 0) is 18.2 Å². The van der Waals surface area contributed by atoms with Crippen molar-refractivity contribution in [3.05, 3.63) is 40.3 Å². The Morgan fingerprint density at radius 1 is 1.48 bits per heavy atom. The van der Waals surface area contributed by atoms with Crippen molar-refractivity contribution in [2.45, 2.75) is 11.4 Å². The fraction of sp³-hybridized carbons (Fsp3) is 0.167. The summed E-state index contributed by atoms with van der Waals surface area (Å²) in [5.74, 6) is -0.746. The fourth-order valence-electron chi connectivity index (χ4n) is 1.61. The molecule has 0 amide bonds. The predicted octanol–water partition coefficient (Wildman–Crippen LogP) is 0.990. The highest BCUT2D eigenvalue weighted by molar-refractivity contribution is 7.89. The van der Waals surface area contributed by atoms with E-state index in [9.17, 15) is 13.2 Å². The molecule has 2 aromatic rings. The number of rotatable bonds is 5. The summed E-state index contributed by atoms with van der Waals surface area (Å²) < 4.78 is 31.6. The van der Waals surface area contributed by atoms with E-state index >= 15 is 0 Å². The number of aromatic nitrogens is 1. The minimum atomic E-state index is -3.91. The molecule has 112 valence electrons. The lowest BCUT2D eigenvalue weighted by Gasteiger charge is -2.10. The largest absolute Gasteiger partial charge is 0.465 e. The Kier molecular flexibility index (Phi) is 4.56. The second-order valence-electron chi connectivity index (χ2n) is 4.00. The van der Waals surface area contributed by atoms with Gasteiger partial charge in [0.25, 0.3) is 0 Å². The van der Waals surface area contributed by atoms with Crippen LogP contribution in [0.2, 0.25) is 0 Å². The maximum atomic E-state index is 12.3. The van der Waals surface area contributed by atoms with Crippen LogP contribution in [-0.2, 0) is 21.3 Å². The standard InChI is InChI=1S/C12H13N3O4S2/c1-19-12(16)9-3-2-8(13)6-10(9)21(17,18)15-7-11-14-4-5-20-11/h2-6,15H,7,13H2,1H3. The van der Waals surface area contributed by atoms with Gasteiger partial charge in [-0.2, -0.15) is 0 Å². The molecule has 2 rings (SSSR count). The van der Waals surface area contributed by atoms with E-state index < -0.39 is 16.0 Å². The molecule has 0 saturated heterocycles. The first-order valence-corrected chi connectivity index (χ1v) is 8.16.